The van der Waals surface area contributed by atoms with Crippen LogP contribution in [0, 0.1) is 5.82 Å². The van der Waals surface area contributed by atoms with Crippen LogP contribution in [0.4, 0.5) is 23.2 Å². The standard InChI is InChI=1S/C21H23F4N3O4S/c1-32-11-3-4-17-15(6-9-19(27-17)21(23,24)25)7-10-20(29)26-13-14-5-8-18(16(22)12-14)28-33(2,30)31/h5-10,12,28H,3-4,11,13H2,1-2H3,(H,26,29)/b10-7+. The van der Waals surface area contributed by atoms with Gasteiger partial charge in [-0.25, -0.2) is 17.8 Å². The van der Waals surface area contributed by atoms with Crippen molar-refractivity contribution in [3.05, 3.63) is 64.7 Å². The number of aryl methyl sites for hydroxylation is 1. The summed E-state index contributed by atoms with van der Waals surface area (Å²) < 4.78 is 82.3. The number of pyridine rings is 1. The largest absolute Gasteiger partial charge is 0.433 e. The van der Waals surface area contributed by atoms with Gasteiger partial charge in [-0.2, -0.15) is 13.2 Å². The molecular formula is C21H23F4N3O4S. The lowest BCUT2D eigenvalue weighted by atomic mass is 10.1. The van der Waals surface area contributed by atoms with Gasteiger partial charge < -0.3 is 10.1 Å². The van der Waals surface area contributed by atoms with Crippen molar-refractivity contribution >= 4 is 27.7 Å². The number of nitrogens with one attached hydrogen (secondary N) is 2. The molecule has 33 heavy (non-hydrogen) atoms. The molecule has 12 heteroatoms. The number of methoxy groups -OCH3 is 1. The first kappa shape index (κ1) is 26.3. The van der Waals surface area contributed by atoms with E-state index in [2.05, 4.69) is 10.3 Å². The van der Waals surface area contributed by atoms with Crippen LogP contribution in [0.2, 0.25) is 0 Å². The summed E-state index contributed by atoms with van der Waals surface area (Å²) >= 11 is 0. The SMILES string of the molecule is COCCCc1nc(C(F)(F)F)ccc1/C=C/C(=O)NCc1ccc(NS(C)(=O)=O)c(F)c1. The Labute approximate surface area is 188 Å². The average molecular weight is 489 g/mol. The van der Waals surface area contributed by atoms with Crippen molar-refractivity contribution in [3.8, 4) is 0 Å². The van der Waals surface area contributed by atoms with E-state index in [1.165, 1.54) is 31.4 Å². The molecule has 1 aromatic carbocycles. The Morgan fingerprint density at radius 3 is 2.55 bits per heavy atom. The smallest absolute Gasteiger partial charge is 0.385 e. The van der Waals surface area contributed by atoms with Gasteiger partial charge in [-0.1, -0.05) is 12.1 Å². The molecule has 0 aliphatic carbocycles. The fourth-order valence-corrected chi connectivity index (χ4v) is 3.34. The number of nitrogens with zero attached hydrogens (tertiary/aromatic N) is 1. The maximum Gasteiger partial charge on any atom is 0.433 e. The number of anilines is 1. The number of aromatic nitrogens is 1. The second-order valence-corrected chi connectivity index (χ2v) is 8.81. The number of halogens is 4. The number of amides is 1. The zero-order chi connectivity index (χ0) is 24.6. The molecular weight excluding hydrogens is 466 g/mol. The Kier molecular flexibility index (Phi) is 8.94. The van der Waals surface area contributed by atoms with E-state index in [4.69, 9.17) is 4.74 Å². The summed E-state index contributed by atoms with van der Waals surface area (Å²) in [5.41, 5.74) is -0.321. The molecule has 0 atom stereocenters. The maximum absolute atomic E-state index is 14.0. The number of sulfonamides is 1. The highest BCUT2D eigenvalue weighted by Crippen LogP contribution is 2.28. The second kappa shape index (κ2) is 11.2. The molecule has 2 rings (SSSR count). The molecule has 0 unspecified atom stereocenters. The predicted molar refractivity (Wildman–Crippen MR) is 115 cm³/mol. The topological polar surface area (TPSA) is 97.4 Å². The van der Waals surface area contributed by atoms with Gasteiger partial charge in [-0.05, 0) is 48.2 Å². The molecule has 2 aromatic rings. The highest BCUT2D eigenvalue weighted by molar-refractivity contribution is 7.92. The van der Waals surface area contributed by atoms with Crippen molar-refractivity contribution in [2.75, 3.05) is 24.7 Å². The van der Waals surface area contributed by atoms with Crippen molar-refractivity contribution in [2.45, 2.75) is 25.6 Å². The third-order valence-electron chi connectivity index (χ3n) is 4.27. The summed E-state index contributed by atoms with van der Waals surface area (Å²) in [6, 6.07) is 5.82. The maximum atomic E-state index is 14.0. The Bertz CT molecular complexity index is 1120. The fourth-order valence-electron chi connectivity index (χ4n) is 2.77. The molecule has 0 bridgehead atoms. The number of alkyl halides is 3. The normalized spacial score (nSPS) is 12.2. The fraction of sp³-hybridized carbons (Fsp3) is 0.333. The molecule has 0 spiro atoms. The number of hydrogen-bond donors (Lipinski definition) is 2. The van der Waals surface area contributed by atoms with Gasteiger partial charge in [0.05, 0.1) is 11.9 Å². The van der Waals surface area contributed by atoms with Crippen LogP contribution in [0.15, 0.2) is 36.4 Å². The average Bonchev–Trinajstić information content (AvgIpc) is 2.71. The Balaban J connectivity index is 2.06. The van der Waals surface area contributed by atoms with Crippen LogP contribution in [-0.2, 0) is 38.7 Å². The lowest BCUT2D eigenvalue weighted by molar-refractivity contribution is -0.141. The van der Waals surface area contributed by atoms with Gasteiger partial charge in [0.2, 0.25) is 15.9 Å². The van der Waals surface area contributed by atoms with Gasteiger partial charge in [0.25, 0.3) is 0 Å². The van der Waals surface area contributed by atoms with E-state index in [9.17, 15) is 30.8 Å². The molecule has 1 heterocycles. The Morgan fingerprint density at radius 2 is 1.94 bits per heavy atom. The van der Waals surface area contributed by atoms with Crippen molar-refractivity contribution < 1.29 is 35.5 Å². The minimum atomic E-state index is -4.59. The molecule has 180 valence electrons. The van der Waals surface area contributed by atoms with E-state index in [0.717, 1.165) is 24.5 Å². The number of carbonyl (C=O) groups is 1. The van der Waals surface area contributed by atoms with E-state index >= 15 is 0 Å². The van der Waals surface area contributed by atoms with E-state index in [-0.39, 0.29) is 24.3 Å². The van der Waals surface area contributed by atoms with E-state index in [0.29, 0.717) is 24.2 Å². The van der Waals surface area contributed by atoms with E-state index < -0.39 is 33.6 Å². The summed E-state index contributed by atoms with van der Waals surface area (Å²) in [6.45, 7) is 0.293. The molecule has 7 nitrogen and oxygen atoms in total. The molecule has 0 fully saturated rings. The molecule has 1 aromatic heterocycles. The summed E-state index contributed by atoms with van der Waals surface area (Å²) in [5, 5.41) is 2.52. The van der Waals surface area contributed by atoms with Gasteiger partial charge >= 0.3 is 6.18 Å². The zero-order valence-corrected chi connectivity index (χ0v) is 18.7. The van der Waals surface area contributed by atoms with Gasteiger partial charge in [0.1, 0.15) is 11.5 Å². The second-order valence-electron chi connectivity index (χ2n) is 7.07. The van der Waals surface area contributed by atoms with Gasteiger partial charge in [-0.15, -0.1) is 0 Å². The van der Waals surface area contributed by atoms with Crippen molar-refractivity contribution in [3.63, 3.8) is 0 Å². The van der Waals surface area contributed by atoms with Crippen LogP contribution >= 0.6 is 0 Å². The Hall–Kier alpha value is -2.99. The quantitative estimate of drug-likeness (QED) is 0.302. The summed E-state index contributed by atoms with van der Waals surface area (Å²) in [7, 11) is -2.16. The predicted octanol–water partition coefficient (Wildman–Crippen LogP) is 3.52. The number of hydrogen-bond acceptors (Lipinski definition) is 5. The molecule has 0 aliphatic heterocycles. The third-order valence-corrected chi connectivity index (χ3v) is 4.86. The monoisotopic (exact) mass is 489 g/mol. The van der Waals surface area contributed by atoms with Gasteiger partial charge in [0.15, 0.2) is 0 Å². The van der Waals surface area contributed by atoms with Crippen molar-refractivity contribution in [1.29, 1.82) is 0 Å². The number of rotatable bonds is 10. The first-order valence-corrected chi connectivity index (χ1v) is 11.6. The van der Waals surface area contributed by atoms with Crippen molar-refractivity contribution in [2.24, 2.45) is 0 Å². The van der Waals surface area contributed by atoms with Gasteiger partial charge in [-0.3, -0.25) is 9.52 Å². The number of ether oxygens (including phenoxy) is 1. The third kappa shape index (κ3) is 8.81. The van der Waals surface area contributed by atoms with Crippen LogP contribution in [0.1, 0.15) is 28.9 Å². The summed E-state index contributed by atoms with van der Waals surface area (Å²) in [4.78, 5) is 15.8. The van der Waals surface area contributed by atoms with Gasteiger partial charge in [0, 0.05) is 32.0 Å². The minimum absolute atomic E-state index is 0.0504. The van der Waals surface area contributed by atoms with Crippen LogP contribution < -0.4 is 10.0 Å². The molecule has 1 amide bonds. The highest BCUT2D eigenvalue weighted by Gasteiger charge is 2.32. The molecule has 0 saturated carbocycles. The molecule has 0 aliphatic rings. The van der Waals surface area contributed by atoms with Crippen LogP contribution in [0.3, 0.4) is 0 Å². The summed E-state index contributed by atoms with van der Waals surface area (Å²) in [5.74, 6) is -1.37. The first-order valence-electron chi connectivity index (χ1n) is 9.67. The van der Waals surface area contributed by atoms with Crippen LogP contribution in [-0.4, -0.2) is 39.3 Å². The first-order chi connectivity index (χ1) is 15.4. The Morgan fingerprint density at radius 1 is 1.21 bits per heavy atom. The minimum Gasteiger partial charge on any atom is -0.385 e. The van der Waals surface area contributed by atoms with Crippen LogP contribution in [0.25, 0.3) is 6.08 Å². The number of carbonyl (C=O) groups excluding carboxylic acids is 1. The zero-order valence-electron chi connectivity index (χ0n) is 17.9. The molecule has 2 N–H and O–H groups in total. The molecule has 0 radical (unpaired) electrons. The van der Waals surface area contributed by atoms with E-state index in [1.807, 2.05) is 4.72 Å². The lowest BCUT2D eigenvalue weighted by Gasteiger charge is -2.11. The van der Waals surface area contributed by atoms with Crippen molar-refractivity contribution in [1.82, 2.24) is 10.3 Å². The number of benzene rings is 1. The van der Waals surface area contributed by atoms with Crippen LogP contribution in [0.5, 0.6) is 0 Å². The highest BCUT2D eigenvalue weighted by atomic mass is 32.2. The summed E-state index contributed by atoms with van der Waals surface area (Å²) in [6.07, 6.45) is -0.524. The lowest BCUT2D eigenvalue weighted by Crippen LogP contribution is -2.20. The van der Waals surface area contributed by atoms with E-state index in [1.54, 1.807) is 0 Å². The molecule has 0 saturated heterocycles.